The third-order valence-electron chi connectivity index (χ3n) is 4.25. The number of amides is 1. The Bertz CT molecular complexity index is 496. The van der Waals surface area contributed by atoms with Gasteiger partial charge in [0.05, 0.1) is 11.5 Å². The number of likely N-dealkylation sites (tertiary alicyclic amines) is 1. The van der Waals surface area contributed by atoms with Crippen molar-refractivity contribution < 1.29 is 4.79 Å². The van der Waals surface area contributed by atoms with Crippen LogP contribution in [0.4, 0.5) is 0 Å². The molecule has 4 nitrogen and oxygen atoms in total. The molecular weight excluding hydrogens is 282 g/mol. The Morgan fingerprint density at radius 3 is 2.52 bits per heavy atom. The Morgan fingerprint density at radius 1 is 1.33 bits per heavy atom. The molecule has 0 aromatic heterocycles. The number of hydrogen-bond donors (Lipinski definition) is 2. The van der Waals surface area contributed by atoms with Crippen molar-refractivity contribution in [3.63, 3.8) is 0 Å². The van der Waals surface area contributed by atoms with Crippen LogP contribution >= 0.6 is 12.2 Å². The van der Waals surface area contributed by atoms with Crippen molar-refractivity contribution >= 4 is 23.1 Å². The molecule has 3 N–H and O–H groups in total. The average molecular weight is 305 g/mol. The fourth-order valence-electron chi connectivity index (χ4n) is 2.51. The Kier molecular flexibility index (Phi) is 5.31. The van der Waals surface area contributed by atoms with Gasteiger partial charge < -0.3 is 11.1 Å². The first-order valence-corrected chi connectivity index (χ1v) is 7.73. The maximum atomic E-state index is 12.0. The molecule has 21 heavy (non-hydrogen) atoms. The molecule has 0 aliphatic carbocycles. The number of carbonyl (C=O) groups excluding carboxylic acids is 1. The summed E-state index contributed by atoms with van der Waals surface area (Å²) in [6.07, 6.45) is 1.85. The van der Waals surface area contributed by atoms with Crippen LogP contribution in [0.25, 0.3) is 0 Å². The van der Waals surface area contributed by atoms with Gasteiger partial charge in [0.15, 0.2) is 0 Å². The maximum absolute atomic E-state index is 12.0. The number of nitrogens with two attached hydrogens (primary N) is 1. The minimum Gasteiger partial charge on any atom is -0.393 e. The van der Waals surface area contributed by atoms with E-state index < -0.39 is 0 Å². The molecule has 1 fully saturated rings. The lowest BCUT2D eigenvalue weighted by atomic mass is 9.80. The molecule has 1 aromatic carbocycles. The fourth-order valence-corrected chi connectivity index (χ4v) is 2.71. The highest BCUT2D eigenvalue weighted by atomic mass is 32.1. The predicted octanol–water partition coefficient (Wildman–Crippen LogP) is 1.69. The summed E-state index contributed by atoms with van der Waals surface area (Å²) in [7, 11) is 0. The van der Waals surface area contributed by atoms with E-state index in [2.05, 4.69) is 17.1 Å². The summed E-state index contributed by atoms with van der Waals surface area (Å²) >= 11 is 5.13. The number of nitrogens with zero attached hydrogens (tertiary/aromatic N) is 1. The van der Waals surface area contributed by atoms with Gasteiger partial charge in [-0.25, -0.2) is 0 Å². The number of rotatable bonds is 5. The van der Waals surface area contributed by atoms with E-state index in [0.717, 1.165) is 31.5 Å². The van der Waals surface area contributed by atoms with Crippen molar-refractivity contribution in [2.24, 2.45) is 11.1 Å². The highest BCUT2D eigenvalue weighted by Crippen LogP contribution is 2.30. The van der Waals surface area contributed by atoms with E-state index in [1.165, 1.54) is 0 Å². The van der Waals surface area contributed by atoms with Crippen LogP contribution in [0.2, 0.25) is 0 Å². The fraction of sp³-hybridized carbons (Fsp3) is 0.500. The molecule has 1 aliphatic rings. The van der Waals surface area contributed by atoms with E-state index in [9.17, 15) is 4.79 Å². The smallest absolute Gasteiger partial charge is 0.234 e. The quantitative estimate of drug-likeness (QED) is 0.813. The number of hydrogen-bond acceptors (Lipinski definition) is 3. The highest BCUT2D eigenvalue weighted by Gasteiger charge is 2.32. The SMILES string of the molecule is CC1(C(N)=S)CCN(CC(=O)NCc2ccccc2)CC1. The van der Waals surface area contributed by atoms with Crippen LogP contribution in [0.15, 0.2) is 30.3 Å². The summed E-state index contributed by atoms with van der Waals surface area (Å²) < 4.78 is 0. The molecule has 0 bridgehead atoms. The van der Waals surface area contributed by atoms with Crippen molar-refractivity contribution in [2.45, 2.75) is 26.3 Å². The highest BCUT2D eigenvalue weighted by molar-refractivity contribution is 7.80. The van der Waals surface area contributed by atoms with Crippen LogP contribution < -0.4 is 11.1 Å². The summed E-state index contributed by atoms with van der Waals surface area (Å²) in [6.45, 7) is 4.87. The number of benzene rings is 1. The number of piperidine rings is 1. The molecule has 1 aromatic rings. The molecule has 0 saturated carbocycles. The van der Waals surface area contributed by atoms with Gasteiger partial charge in [-0.15, -0.1) is 0 Å². The van der Waals surface area contributed by atoms with E-state index in [4.69, 9.17) is 18.0 Å². The summed E-state index contributed by atoms with van der Waals surface area (Å²) in [6, 6.07) is 9.94. The topological polar surface area (TPSA) is 58.4 Å². The summed E-state index contributed by atoms with van der Waals surface area (Å²) in [5.41, 5.74) is 6.86. The molecule has 0 atom stereocenters. The zero-order chi connectivity index (χ0) is 15.3. The van der Waals surface area contributed by atoms with Crippen molar-refractivity contribution in [3.05, 3.63) is 35.9 Å². The van der Waals surface area contributed by atoms with Gasteiger partial charge in [0.2, 0.25) is 5.91 Å². The molecule has 1 saturated heterocycles. The molecular formula is C16H23N3OS. The normalized spacial score (nSPS) is 18.1. The van der Waals surface area contributed by atoms with Crippen LogP contribution in [-0.4, -0.2) is 35.4 Å². The lowest BCUT2D eigenvalue weighted by Crippen LogP contribution is -2.47. The minimum atomic E-state index is -0.0493. The Labute approximate surface area is 131 Å². The standard InChI is InChI=1S/C16H23N3OS/c1-16(15(17)21)7-9-19(10-8-16)12-14(20)18-11-13-5-3-2-4-6-13/h2-6H,7-12H2,1H3,(H2,17,21)(H,18,20). The number of nitrogens with one attached hydrogen (secondary N) is 1. The van der Waals surface area contributed by atoms with Gasteiger partial charge in [-0.1, -0.05) is 49.5 Å². The maximum Gasteiger partial charge on any atom is 0.234 e. The molecule has 2 rings (SSSR count). The predicted molar refractivity (Wildman–Crippen MR) is 88.9 cm³/mol. The average Bonchev–Trinajstić information content (AvgIpc) is 2.49. The summed E-state index contributed by atoms with van der Waals surface area (Å²) in [4.78, 5) is 14.7. The van der Waals surface area contributed by atoms with Gasteiger partial charge in [0.1, 0.15) is 0 Å². The van der Waals surface area contributed by atoms with Crippen molar-refractivity contribution in [1.29, 1.82) is 0 Å². The third-order valence-corrected chi connectivity index (χ3v) is 4.75. The monoisotopic (exact) mass is 305 g/mol. The zero-order valence-corrected chi connectivity index (χ0v) is 13.3. The zero-order valence-electron chi connectivity index (χ0n) is 12.5. The third kappa shape index (κ3) is 4.51. The van der Waals surface area contributed by atoms with Crippen molar-refractivity contribution in [2.75, 3.05) is 19.6 Å². The second-order valence-electron chi connectivity index (χ2n) is 5.96. The number of thiocarbonyl (C=S) groups is 1. The van der Waals surface area contributed by atoms with Crippen molar-refractivity contribution in [3.8, 4) is 0 Å². The van der Waals surface area contributed by atoms with Crippen LogP contribution in [0.5, 0.6) is 0 Å². The van der Waals surface area contributed by atoms with E-state index in [1.54, 1.807) is 0 Å². The molecule has 0 spiro atoms. The molecule has 0 unspecified atom stereocenters. The molecule has 5 heteroatoms. The van der Waals surface area contributed by atoms with Crippen LogP contribution in [-0.2, 0) is 11.3 Å². The van der Waals surface area contributed by atoms with Gasteiger partial charge in [-0.2, -0.15) is 0 Å². The van der Waals surface area contributed by atoms with E-state index >= 15 is 0 Å². The molecule has 114 valence electrons. The summed E-state index contributed by atoms with van der Waals surface area (Å²) in [5, 5.41) is 2.96. The minimum absolute atomic E-state index is 0.0493. The lowest BCUT2D eigenvalue weighted by Gasteiger charge is -2.38. The van der Waals surface area contributed by atoms with Gasteiger partial charge in [0.25, 0.3) is 0 Å². The van der Waals surface area contributed by atoms with E-state index in [1.807, 2.05) is 30.3 Å². The lowest BCUT2D eigenvalue weighted by molar-refractivity contribution is -0.122. The second kappa shape index (κ2) is 7.00. The van der Waals surface area contributed by atoms with Crippen molar-refractivity contribution in [1.82, 2.24) is 10.2 Å². The summed E-state index contributed by atoms with van der Waals surface area (Å²) in [5.74, 6) is 0.0674. The Balaban J connectivity index is 1.73. The Hall–Kier alpha value is -1.46. The molecule has 0 radical (unpaired) electrons. The van der Waals surface area contributed by atoms with Gasteiger partial charge in [-0.05, 0) is 31.5 Å². The van der Waals surface area contributed by atoms with Gasteiger partial charge in [-0.3, -0.25) is 9.69 Å². The van der Waals surface area contributed by atoms with Gasteiger partial charge in [0, 0.05) is 12.0 Å². The van der Waals surface area contributed by atoms with Gasteiger partial charge >= 0.3 is 0 Å². The molecule has 1 amide bonds. The molecule has 1 heterocycles. The Morgan fingerprint density at radius 2 is 1.95 bits per heavy atom. The van der Waals surface area contributed by atoms with Crippen LogP contribution in [0.1, 0.15) is 25.3 Å². The first kappa shape index (κ1) is 15.9. The molecule has 1 aliphatic heterocycles. The number of carbonyl (C=O) groups is 1. The largest absolute Gasteiger partial charge is 0.393 e. The van der Waals surface area contributed by atoms with Crippen LogP contribution in [0, 0.1) is 5.41 Å². The van der Waals surface area contributed by atoms with E-state index in [-0.39, 0.29) is 11.3 Å². The van der Waals surface area contributed by atoms with E-state index in [0.29, 0.717) is 18.1 Å². The first-order valence-electron chi connectivity index (χ1n) is 7.32. The van der Waals surface area contributed by atoms with Crippen LogP contribution in [0.3, 0.4) is 0 Å². The second-order valence-corrected chi connectivity index (χ2v) is 6.40. The first-order chi connectivity index (χ1) is 9.99.